The van der Waals surface area contributed by atoms with Gasteiger partial charge in [-0.05, 0) is 38.5 Å². The maximum absolute atomic E-state index is 12.0. The Morgan fingerprint density at radius 2 is 1.75 bits per heavy atom. The Balaban J connectivity index is 1.63. The van der Waals surface area contributed by atoms with Gasteiger partial charge in [0.15, 0.2) is 0 Å². The zero-order chi connectivity index (χ0) is 14.2. The molecular formula is C16H30N2O2. The van der Waals surface area contributed by atoms with Crippen LogP contribution in [0.15, 0.2) is 0 Å². The molecule has 2 aliphatic rings. The lowest BCUT2D eigenvalue weighted by Crippen LogP contribution is -2.45. The summed E-state index contributed by atoms with van der Waals surface area (Å²) in [6.45, 7) is 4.37. The van der Waals surface area contributed by atoms with Crippen molar-refractivity contribution in [2.24, 2.45) is 5.92 Å². The van der Waals surface area contributed by atoms with Gasteiger partial charge < -0.3 is 15.4 Å². The van der Waals surface area contributed by atoms with E-state index in [1.807, 2.05) is 0 Å². The quantitative estimate of drug-likeness (QED) is 0.760. The molecule has 0 radical (unpaired) electrons. The highest BCUT2D eigenvalue weighted by Gasteiger charge is 2.21. The molecule has 1 amide bonds. The highest BCUT2D eigenvalue weighted by molar-refractivity contribution is 5.78. The van der Waals surface area contributed by atoms with Gasteiger partial charge in [0.25, 0.3) is 0 Å². The third-order valence-corrected chi connectivity index (χ3v) is 4.78. The SMILES string of the molecule is CC(NCC(=O)NC1CCCCCC1)C1CCOCC1. The largest absolute Gasteiger partial charge is 0.381 e. The molecule has 2 fully saturated rings. The molecule has 116 valence electrons. The van der Waals surface area contributed by atoms with E-state index in [1.54, 1.807) is 0 Å². The summed E-state index contributed by atoms with van der Waals surface area (Å²) in [6.07, 6.45) is 9.70. The Morgan fingerprint density at radius 3 is 2.40 bits per heavy atom. The van der Waals surface area contributed by atoms with Crippen LogP contribution >= 0.6 is 0 Å². The van der Waals surface area contributed by atoms with Crippen LogP contribution in [0.2, 0.25) is 0 Å². The zero-order valence-electron chi connectivity index (χ0n) is 12.8. The van der Waals surface area contributed by atoms with Gasteiger partial charge in [-0.15, -0.1) is 0 Å². The van der Waals surface area contributed by atoms with E-state index >= 15 is 0 Å². The molecule has 2 rings (SSSR count). The molecule has 1 saturated heterocycles. The molecule has 1 atom stereocenters. The predicted octanol–water partition coefficient (Wildman–Crippen LogP) is 2.23. The van der Waals surface area contributed by atoms with Gasteiger partial charge in [0.1, 0.15) is 0 Å². The van der Waals surface area contributed by atoms with Gasteiger partial charge in [0.05, 0.1) is 6.54 Å². The first-order chi connectivity index (χ1) is 9.75. The molecule has 20 heavy (non-hydrogen) atoms. The van der Waals surface area contributed by atoms with Gasteiger partial charge >= 0.3 is 0 Å². The van der Waals surface area contributed by atoms with Crippen molar-refractivity contribution in [3.63, 3.8) is 0 Å². The molecule has 1 unspecified atom stereocenters. The number of ether oxygens (including phenoxy) is 1. The van der Waals surface area contributed by atoms with E-state index in [-0.39, 0.29) is 5.91 Å². The summed E-state index contributed by atoms with van der Waals surface area (Å²) in [7, 11) is 0. The van der Waals surface area contributed by atoms with E-state index in [2.05, 4.69) is 17.6 Å². The molecule has 4 heteroatoms. The lowest BCUT2D eigenvalue weighted by atomic mass is 9.93. The number of hydrogen-bond acceptors (Lipinski definition) is 3. The van der Waals surface area contributed by atoms with Crippen molar-refractivity contribution in [2.45, 2.75) is 70.4 Å². The standard InChI is InChI=1S/C16H30N2O2/c1-13(14-8-10-20-11-9-14)17-12-16(19)18-15-6-4-2-3-5-7-15/h13-15,17H,2-12H2,1H3,(H,18,19). The molecule has 0 aromatic carbocycles. The van der Waals surface area contributed by atoms with Gasteiger partial charge in [-0.3, -0.25) is 4.79 Å². The molecule has 1 heterocycles. The van der Waals surface area contributed by atoms with Crippen molar-refractivity contribution in [3.05, 3.63) is 0 Å². The molecule has 1 aliphatic heterocycles. The monoisotopic (exact) mass is 282 g/mol. The smallest absolute Gasteiger partial charge is 0.234 e. The molecule has 4 nitrogen and oxygen atoms in total. The first kappa shape index (κ1) is 15.8. The Morgan fingerprint density at radius 1 is 1.10 bits per heavy atom. The van der Waals surface area contributed by atoms with Crippen molar-refractivity contribution in [2.75, 3.05) is 19.8 Å². The number of hydrogen-bond donors (Lipinski definition) is 2. The van der Waals surface area contributed by atoms with Crippen LogP contribution in [0.5, 0.6) is 0 Å². The van der Waals surface area contributed by atoms with Gasteiger partial charge in [0.2, 0.25) is 5.91 Å². The van der Waals surface area contributed by atoms with Crippen LogP contribution in [-0.2, 0) is 9.53 Å². The summed E-state index contributed by atoms with van der Waals surface area (Å²) < 4.78 is 5.38. The van der Waals surface area contributed by atoms with Crippen LogP contribution in [0.4, 0.5) is 0 Å². The van der Waals surface area contributed by atoms with Crippen LogP contribution in [-0.4, -0.2) is 37.7 Å². The lowest BCUT2D eigenvalue weighted by molar-refractivity contribution is -0.121. The molecule has 2 N–H and O–H groups in total. The van der Waals surface area contributed by atoms with Crippen LogP contribution < -0.4 is 10.6 Å². The molecule has 0 spiro atoms. The Bertz CT molecular complexity index is 282. The molecular weight excluding hydrogens is 252 g/mol. The summed E-state index contributed by atoms with van der Waals surface area (Å²) >= 11 is 0. The average molecular weight is 282 g/mol. The Labute approximate surface area is 123 Å². The van der Waals surface area contributed by atoms with Gasteiger partial charge in [-0.25, -0.2) is 0 Å². The topological polar surface area (TPSA) is 50.4 Å². The highest BCUT2D eigenvalue weighted by Crippen LogP contribution is 2.19. The molecule has 0 bridgehead atoms. The average Bonchev–Trinajstić information content (AvgIpc) is 2.74. The maximum atomic E-state index is 12.0. The van der Waals surface area contributed by atoms with E-state index in [4.69, 9.17) is 4.74 Å². The molecule has 1 saturated carbocycles. The highest BCUT2D eigenvalue weighted by atomic mass is 16.5. The lowest BCUT2D eigenvalue weighted by Gasteiger charge is -2.28. The van der Waals surface area contributed by atoms with E-state index < -0.39 is 0 Å². The number of rotatable bonds is 5. The van der Waals surface area contributed by atoms with E-state index in [1.165, 1.54) is 25.7 Å². The fraction of sp³-hybridized carbons (Fsp3) is 0.938. The van der Waals surface area contributed by atoms with E-state index in [0.717, 1.165) is 38.9 Å². The Hall–Kier alpha value is -0.610. The minimum absolute atomic E-state index is 0.163. The third-order valence-electron chi connectivity index (χ3n) is 4.78. The minimum atomic E-state index is 0.163. The summed E-state index contributed by atoms with van der Waals surface area (Å²) in [6, 6.07) is 0.809. The van der Waals surface area contributed by atoms with Gasteiger partial charge in [0, 0.05) is 25.3 Å². The summed E-state index contributed by atoms with van der Waals surface area (Å²) in [4.78, 5) is 12.0. The van der Waals surface area contributed by atoms with Crippen LogP contribution in [0.1, 0.15) is 58.3 Å². The normalized spacial score (nSPS) is 24.1. The summed E-state index contributed by atoms with van der Waals surface area (Å²) in [5, 5.41) is 6.58. The number of carbonyl (C=O) groups is 1. The van der Waals surface area contributed by atoms with Crippen molar-refractivity contribution in [1.29, 1.82) is 0 Å². The number of nitrogens with one attached hydrogen (secondary N) is 2. The van der Waals surface area contributed by atoms with Gasteiger partial charge in [-0.1, -0.05) is 25.7 Å². The summed E-state index contributed by atoms with van der Waals surface area (Å²) in [5.74, 6) is 0.810. The van der Waals surface area contributed by atoms with Crippen molar-refractivity contribution >= 4 is 5.91 Å². The molecule has 0 aromatic heterocycles. The van der Waals surface area contributed by atoms with E-state index in [9.17, 15) is 4.79 Å². The summed E-state index contributed by atoms with van der Waals surface area (Å²) in [5.41, 5.74) is 0. The molecule has 1 aliphatic carbocycles. The predicted molar refractivity (Wildman–Crippen MR) is 80.6 cm³/mol. The van der Waals surface area contributed by atoms with Crippen LogP contribution in [0, 0.1) is 5.92 Å². The second-order valence-electron chi connectivity index (χ2n) is 6.38. The zero-order valence-corrected chi connectivity index (χ0v) is 12.8. The first-order valence-corrected chi connectivity index (χ1v) is 8.36. The second-order valence-corrected chi connectivity index (χ2v) is 6.38. The van der Waals surface area contributed by atoms with Crippen molar-refractivity contribution in [3.8, 4) is 0 Å². The second kappa shape index (κ2) is 8.63. The maximum Gasteiger partial charge on any atom is 0.234 e. The van der Waals surface area contributed by atoms with Crippen molar-refractivity contribution in [1.82, 2.24) is 10.6 Å². The fourth-order valence-electron chi connectivity index (χ4n) is 3.34. The third kappa shape index (κ3) is 5.41. The minimum Gasteiger partial charge on any atom is -0.381 e. The van der Waals surface area contributed by atoms with Crippen LogP contribution in [0.25, 0.3) is 0 Å². The van der Waals surface area contributed by atoms with Crippen LogP contribution in [0.3, 0.4) is 0 Å². The number of amides is 1. The van der Waals surface area contributed by atoms with Crippen molar-refractivity contribution < 1.29 is 9.53 Å². The Kier molecular flexibility index (Phi) is 6.80. The van der Waals surface area contributed by atoms with E-state index in [0.29, 0.717) is 24.5 Å². The first-order valence-electron chi connectivity index (χ1n) is 8.36. The fourth-order valence-corrected chi connectivity index (χ4v) is 3.34. The molecule has 0 aromatic rings. The van der Waals surface area contributed by atoms with Gasteiger partial charge in [-0.2, -0.15) is 0 Å². The number of carbonyl (C=O) groups excluding carboxylic acids is 1.